The fourth-order valence-electron chi connectivity index (χ4n) is 3.01. The van der Waals surface area contributed by atoms with E-state index in [4.69, 9.17) is 0 Å². The number of sulfonamides is 1. The van der Waals surface area contributed by atoms with Gasteiger partial charge in [0.05, 0.1) is 10.5 Å². The van der Waals surface area contributed by atoms with Gasteiger partial charge < -0.3 is 5.11 Å². The lowest BCUT2D eigenvalue weighted by Gasteiger charge is -2.25. The van der Waals surface area contributed by atoms with Gasteiger partial charge in [-0.05, 0) is 48.2 Å². The van der Waals surface area contributed by atoms with Crippen LogP contribution in [0.4, 0.5) is 4.39 Å². The zero-order chi connectivity index (χ0) is 18.0. The Balaban J connectivity index is 1.94. The zero-order valence-electron chi connectivity index (χ0n) is 13.5. The molecular formula is C18H18FNO4S. The zero-order valence-corrected chi connectivity index (χ0v) is 14.3. The van der Waals surface area contributed by atoms with Crippen molar-refractivity contribution >= 4 is 16.0 Å². The van der Waals surface area contributed by atoms with E-state index in [0.29, 0.717) is 24.2 Å². The van der Waals surface area contributed by atoms with Crippen molar-refractivity contribution in [3.8, 4) is 11.1 Å². The Labute approximate surface area is 145 Å². The highest BCUT2D eigenvalue weighted by molar-refractivity contribution is 7.89. The normalized spacial score (nSPS) is 15.9. The van der Waals surface area contributed by atoms with E-state index in [1.54, 1.807) is 12.1 Å². The van der Waals surface area contributed by atoms with Crippen molar-refractivity contribution in [1.82, 2.24) is 4.31 Å². The average molecular weight is 363 g/mol. The fraction of sp³-hybridized carbons (Fsp3) is 0.278. The number of nitrogens with zero attached hydrogens (tertiary/aromatic N) is 1. The first-order valence-corrected chi connectivity index (χ1v) is 9.47. The van der Waals surface area contributed by atoms with Crippen molar-refractivity contribution in [2.45, 2.75) is 24.2 Å². The van der Waals surface area contributed by atoms with E-state index in [1.807, 2.05) is 0 Å². The number of carboxylic acid groups (broad SMARTS) is 1. The third-order valence-corrected chi connectivity index (χ3v) is 6.24. The second-order valence-electron chi connectivity index (χ2n) is 5.98. The first-order valence-electron chi connectivity index (χ1n) is 8.03. The second-order valence-corrected chi connectivity index (χ2v) is 7.92. The SMILES string of the molecule is O=C(O)c1cc(F)ccc1-c1ccc(S(=O)(=O)N2CCCCC2)cc1. The van der Waals surface area contributed by atoms with Crippen molar-refractivity contribution in [3.63, 3.8) is 0 Å². The molecule has 0 amide bonds. The Kier molecular flexibility index (Phi) is 4.87. The van der Waals surface area contributed by atoms with Gasteiger partial charge in [-0.2, -0.15) is 4.31 Å². The topological polar surface area (TPSA) is 74.7 Å². The van der Waals surface area contributed by atoms with Gasteiger partial charge in [-0.25, -0.2) is 17.6 Å². The van der Waals surface area contributed by atoms with Crippen LogP contribution in [0.15, 0.2) is 47.4 Å². The lowest BCUT2D eigenvalue weighted by molar-refractivity contribution is 0.0697. The summed E-state index contributed by atoms with van der Waals surface area (Å²) in [7, 11) is -3.54. The summed E-state index contributed by atoms with van der Waals surface area (Å²) in [5.74, 6) is -1.87. The minimum atomic E-state index is -3.54. The van der Waals surface area contributed by atoms with Gasteiger partial charge in [-0.1, -0.05) is 24.6 Å². The highest BCUT2D eigenvalue weighted by atomic mass is 32.2. The van der Waals surface area contributed by atoms with Crippen LogP contribution < -0.4 is 0 Å². The third kappa shape index (κ3) is 3.57. The number of benzene rings is 2. The molecule has 0 spiro atoms. The van der Waals surface area contributed by atoms with Crippen LogP contribution in [0.1, 0.15) is 29.6 Å². The van der Waals surface area contributed by atoms with E-state index in [-0.39, 0.29) is 10.5 Å². The van der Waals surface area contributed by atoms with Gasteiger partial charge in [0.25, 0.3) is 0 Å². The molecule has 0 saturated carbocycles. The number of aromatic carboxylic acids is 1. The maximum Gasteiger partial charge on any atom is 0.336 e. The summed E-state index contributed by atoms with van der Waals surface area (Å²) in [6.45, 7) is 1.04. The lowest BCUT2D eigenvalue weighted by Crippen LogP contribution is -2.35. The summed E-state index contributed by atoms with van der Waals surface area (Å²) >= 11 is 0. The molecule has 0 unspecified atom stereocenters. The summed E-state index contributed by atoms with van der Waals surface area (Å²) in [5.41, 5.74) is 0.706. The average Bonchev–Trinajstić information content (AvgIpc) is 2.62. The molecule has 2 aromatic rings. The monoisotopic (exact) mass is 363 g/mol. The quantitative estimate of drug-likeness (QED) is 0.904. The third-order valence-electron chi connectivity index (χ3n) is 4.33. The molecule has 1 N–H and O–H groups in total. The molecule has 0 aliphatic carbocycles. The van der Waals surface area contributed by atoms with Gasteiger partial charge in [0.1, 0.15) is 5.82 Å². The largest absolute Gasteiger partial charge is 0.478 e. The molecule has 3 rings (SSSR count). The highest BCUT2D eigenvalue weighted by Crippen LogP contribution is 2.27. The molecule has 7 heteroatoms. The fourth-order valence-corrected chi connectivity index (χ4v) is 4.52. The summed E-state index contributed by atoms with van der Waals surface area (Å²) in [4.78, 5) is 11.5. The molecule has 1 aliphatic heterocycles. The predicted octanol–water partition coefficient (Wildman–Crippen LogP) is 3.37. The van der Waals surface area contributed by atoms with Crippen LogP contribution in [0.3, 0.4) is 0 Å². The molecule has 1 heterocycles. The van der Waals surface area contributed by atoms with Crippen molar-refractivity contribution in [2.75, 3.05) is 13.1 Å². The molecule has 1 saturated heterocycles. The number of carbonyl (C=O) groups is 1. The first-order chi connectivity index (χ1) is 11.9. The maximum absolute atomic E-state index is 13.3. The van der Waals surface area contributed by atoms with Gasteiger partial charge in [0.15, 0.2) is 0 Å². The molecule has 0 atom stereocenters. The van der Waals surface area contributed by atoms with Crippen LogP contribution >= 0.6 is 0 Å². The number of carboxylic acids is 1. The number of rotatable bonds is 4. The van der Waals surface area contributed by atoms with E-state index < -0.39 is 21.8 Å². The van der Waals surface area contributed by atoms with Crippen LogP contribution in [0.5, 0.6) is 0 Å². The Hall–Kier alpha value is -2.25. The Morgan fingerprint density at radius 2 is 1.64 bits per heavy atom. The molecule has 2 aromatic carbocycles. The van der Waals surface area contributed by atoms with E-state index in [1.165, 1.54) is 28.6 Å². The standard InChI is InChI=1S/C18H18FNO4S/c19-14-6-9-16(17(12-14)18(21)22)13-4-7-15(8-5-13)25(23,24)20-10-2-1-3-11-20/h4-9,12H,1-3,10-11H2,(H,21,22). The Bertz CT molecular complexity index is 888. The minimum absolute atomic E-state index is 0.161. The molecule has 1 aliphatic rings. The van der Waals surface area contributed by atoms with Crippen molar-refractivity contribution in [1.29, 1.82) is 0 Å². The van der Waals surface area contributed by atoms with Gasteiger partial charge >= 0.3 is 5.97 Å². The van der Waals surface area contributed by atoms with Crippen LogP contribution in [-0.4, -0.2) is 36.9 Å². The van der Waals surface area contributed by atoms with Gasteiger partial charge in [0.2, 0.25) is 10.0 Å². The van der Waals surface area contributed by atoms with Crippen LogP contribution in [0, 0.1) is 5.82 Å². The highest BCUT2D eigenvalue weighted by Gasteiger charge is 2.25. The molecule has 5 nitrogen and oxygen atoms in total. The lowest BCUT2D eigenvalue weighted by atomic mass is 10.00. The Morgan fingerprint density at radius 3 is 2.24 bits per heavy atom. The Morgan fingerprint density at radius 1 is 1.00 bits per heavy atom. The number of hydrogen-bond acceptors (Lipinski definition) is 3. The second kappa shape index (κ2) is 6.93. The van der Waals surface area contributed by atoms with Gasteiger partial charge in [-0.3, -0.25) is 0 Å². The van der Waals surface area contributed by atoms with Crippen LogP contribution in [0.25, 0.3) is 11.1 Å². The summed E-state index contributed by atoms with van der Waals surface area (Å²) in [6, 6.07) is 9.55. The molecule has 25 heavy (non-hydrogen) atoms. The van der Waals surface area contributed by atoms with Gasteiger partial charge in [0, 0.05) is 13.1 Å². The molecular weight excluding hydrogens is 345 g/mol. The molecule has 1 fully saturated rings. The molecule has 0 aromatic heterocycles. The molecule has 0 bridgehead atoms. The van der Waals surface area contributed by atoms with E-state index in [9.17, 15) is 22.7 Å². The van der Waals surface area contributed by atoms with Crippen LogP contribution in [0.2, 0.25) is 0 Å². The molecule has 132 valence electrons. The summed E-state index contributed by atoms with van der Waals surface area (Å²) in [5, 5.41) is 9.24. The minimum Gasteiger partial charge on any atom is -0.478 e. The first kappa shape index (κ1) is 17.6. The van der Waals surface area contributed by atoms with Gasteiger partial charge in [-0.15, -0.1) is 0 Å². The molecule has 0 radical (unpaired) electrons. The van der Waals surface area contributed by atoms with Crippen molar-refractivity contribution in [2.24, 2.45) is 0 Å². The van der Waals surface area contributed by atoms with Crippen molar-refractivity contribution < 1.29 is 22.7 Å². The van der Waals surface area contributed by atoms with E-state index in [2.05, 4.69) is 0 Å². The number of piperidine rings is 1. The summed E-state index contributed by atoms with van der Waals surface area (Å²) < 4.78 is 40.1. The maximum atomic E-state index is 13.3. The van der Waals surface area contributed by atoms with E-state index in [0.717, 1.165) is 25.3 Å². The number of halogens is 1. The van der Waals surface area contributed by atoms with Crippen molar-refractivity contribution in [3.05, 3.63) is 53.8 Å². The smallest absolute Gasteiger partial charge is 0.336 e. The summed E-state index contributed by atoms with van der Waals surface area (Å²) in [6.07, 6.45) is 2.75. The van der Waals surface area contributed by atoms with E-state index >= 15 is 0 Å². The van der Waals surface area contributed by atoms with Crippen LogP contribution in [-0.2, 0) is 10.0 Å². The number of hydrogen-bond donors (Lipinski definition) is 1. The predicted molar refractivity (Wildman–Crippen MR) is 91.4 cm³/mol.